The predicted molar refractivity (Wildman–Crippen MR) is 73.0 cm³/mol. The second-order valence-corrected chi connectivity index (χ2v) is 6.70. The first-order valence-electron chi connectivity index (χ1n) is 5.54. The Hall–Kier alpha value is 0.0200. The summed E-state index contributed by atoms with van der Waals surface area (Å²) in [6, 6.07) is 0.587. The van der Waals surface area contributed by atoms with Gasteiger partial charge in [0.25, 0.3) is 0 Å². The summed E-state index contributed by atoms with van der Waals surface area (Å²) in [6.07, 6.45) is 3.82. The Bertz CT molecular complexity index is 301. The molecule has 4 nitrogen and oxygen atoms in total. The Morgan fingerprint density at radius 3 is 3.00 bits per heavy atom. The van der Waals surface area contributed by atoms with Gasteiger partial charge in [-0.15, -0.1) is 0 Å². The molecule has 90 valence electrons. The predicted octanol–water partition coefficient (Wildman–Crippen LogP) is 1.67. The second-order valence-electron chi connectivity index (χ2n) is 4.22. The first-order valence-corrected chi connectivity index (χ1v) is 7.66. The van der Waals surface area contributed by atoms with E-state index < -0.39 is 0 Å². The molecule has 0 saturated carbocycles. The lowest BCUT2D eigenvalue weighted by atomic mass is 10.0. The smallest absolute Gasteiger partial charge is 0.315 e. The number of carbonyl (C=O) groups is 2. The van der Waals surface area contributed by atoms with Gasteiger partial charge in [0.2, 0.25) is 0 Å². The quantitative estimate of drug-likeness (QED) is 0.342. The molecule has 0 spiro atoms. The zero-order valence-corrected chi connectivity index (χ0v) is 11.8. The molecule has 2 aliphatic rings. The fraction of sp³-hybridized carbons (Fsp3) is 0.800. The number of halogens is 1. The Balaban J connectivity index is 1.70. The summed E-state index contributed by atoms with van der Waals surface area (Å²) in [7, 11) is 0. The van der Waals surface area contributed by atoms with Gasteiger partial charge in [-0.3, -0.25) is 4.79 Å². The van der Waals surface area contributed by atoms with Crippen molar-refractivity contribution in [2.24, 2.45) is 0 Å². The van der Waals surface area contributed by atoms with E-state index in [0.717, 1.165) is 25.0 Å². The molecule has 2 heterocycles. The molecule has 2 aliphatic heterocycles. The minimum absolute atomic E-state index is 0.0252. The Kier molecular flexibility index (Phi) is 4.34. The molecule has 16 heavy (non-hydrogen) atoms. The second kappa shape index (κ2) is 5.57. The summed E-state index contributed by atoms with van der Waals surface area (Å²) in [6.45, 7) is 0. The Morgan fingerprint density at radius 2 is 2.25 bits per heavy atom. The average molecular weight is 354 g/mol. The van der Waals surface area contributed by atoms with Crippen molar-refractivity contribution in [3.63, 3.8) is 0 Å². The fourth-order valence-electron chi connectivity index (χ4n) is 2.25. The van der Waals surface area contributed by atoms with Crippen LogP contribution in [0.25, 0.3) is 0 Å². The monoisotopic (exact) mass is 354 g/mol. The number of amides is 2. The molecule has 0 aliphatic carbocycles. The first kappa shape index (κ1) is 12.5. The third kappa shape index (κ3) is 3.03. The summed E-state index contributed by atoms with van der Waals surface area (Å²) >= 11 is 3.78. The van der Waals surface area contributed by atoms with E-state index in [1.54, 1.807) is 0 Å². The van der Waals surface area contributed by atoms with Crippen LogP contribution in [0.5, 0.6) is 0 Å². The van der Waals surface area contributed by atoms with Gasteiger partial charge in [0, 0.05) is 17.4 Å². The molecule has 2 fully saturated rings. The highest BCUT2D eigenvalue weighted by Crippen LogP contribution is 2.33. The number of rotatable bonds is 5. The van der Waals surface area contributed by atoms with Crippen LogP contribution in [-0.2, 0) is 4.79 Å². The van der Waals surface area contributed by atoms with Crippen LogP contribution >= 0.6 is 34.4 Å². The lowest BCUT2D eigenvalue weighted by Gasteiger charge is -2.16. The first-order chi connectivity index (χ1) is 7.66. The van der Waals surface area contributed by atoms with Crippen LogP contribution in [0.1, 0.15) is 25.7 Å². The molecule has 2 rings (SSSR count). The minimum atomic E-state index is -0.0252. The van der Waals surface area contributed by atoms with E-state index in [9.17, 15) is 9.59 Å². The maximum Gasteiger partial charge on any atom is 0.315 e. The molecular formula is C10H15IN2O2S. The zero-order chi connectivity index (χ0) is 11.5. The van der Waals surface area contributed by atoms with Crippen LogP contribution in [0.4, 0.5) is 4.79 Å². The highest BCUT2D eigenvalue weighted by molar-refractivity contribution is 14.1. The molecule has 2 amide bonds. The van der Waals surface area contributed by atoms with E-state index in [0.29, 0.717) is 23.8 Å². The highest BCUT2D eigenvalue weighted by Gasteiger charge is 2.42. The number of hydrogen-bond donors (Lipinski definition) is 2. The van der Waals surface area contributed by atoms with Gasteiger partial charge in [-0.1, -0.05) is 6.42 Å². The Labute approximate surface area is 113 Å². The molecule has 2 saturated heterocycles. The van der Waals surface area contributed by atoms with Crippen molar-refractivity contribution in [2.45, 2.75) is 43.0 Å². The third-order valence-corrected chi connectivity index (χ3v) is 5.10. The van der Waals surface area contributed by atoms with Gasteiger partial charge in [-0.25, -0.2) is 4.79 Å². The van der Waals surface area contributed by atoms with Crippen molar-refractivity contribution in [3.05, 3.63) is 0 Å². The van der Waals surface area contributed by atoms with Gasteiger partial charge in [-0.05, 0) is 35.4 Å². The summed E-state index contributed by atoms with van der Waals surface area (Å²) < 4.78 is 0.241. The number of unbranched alkanes of at least 4 members (excludes halogenated alkanes) is 1. The summed E-state index contributed by atoms with van der Waals surface area (Å²) in [5, 5.41) is 6.43. The largest absolute Gasteiger partial charge is 0.332 e. The lowest BCUT2D eigenvalue weighted by molar-refractivity contribution is -0.109. The molecule has 0 aromatic rings. The van der Waals surface area contributed by atoms with Crippen molar-refractivity contribution < 1.29 is 9.59 Å². The van der Waals surface area contributed by atoms with Crippen LogP contribution in [0.15, 0.2) is 0 Å². The van der Waals surface area contributed by atoms with Crippen LogP contribution in [0, 0.1) is 0 Å². The van der Waals surface area contributed by atoms with Gasteiger partial charge in [-0.2, -0.15) is 11.8 Å². The van der Waals surface area contributed by atoms with Crippen molar-refractivity contribution in [1.29, 1.82) is 0 Å². The summed E-state index contributed by atoms with van der Waals surface area (Å²) in [4.78, 5) is 21.9. The van der Waals surface area contributed by atoms with Crippen LogP contribution < -0.4 is 10.6 Å². The zero-order valence-electron chi connectivity index (χ0n) is 8.87. The molecule has 0 aromatic heterocycles. The van der Waals surface area contributed by atoms with E-state index in [1.165, 1.54) is 0 Å². The van der Waals surface area contributed by atoms with Crippen molar-refractivity contribution in [2.75, 3.05) is 5.75 Å². The number of urea groups is 1. The SMILES string of the molecule is O=C(I)CCCCC1SCC2NC(=O)NC21. The Morgan fingerprint density at radius 1 is 1.44 bits per heavy atom. The van der Waals surface area contributed by atoms with E-state index in [2.05, 4.69) is 10.6 Å². The molecule has 6 heteroatoms. The number of thioether (sulfide) groups is 1. The van der Waals surface area contributed by atoms with E-state index in [-0.39, 0.29) is 9.82 Å². The van der Waals surface area contributed by atoms with Crippen LogP contribution in [0.2, 0.25) is 0 Å². The van der Waals surface area contributed by atoms with E-state index in [4.69, 9.17) is 0 Å². The highest BCUT2D eigenvalue weighted by atomic mass is 127. The summed E-state index contributed by atoms with van der Waals surface area (Å²) in [5.74, 6) is 1.01. The molecular weight excluding hydrogens is 339 g/mol. The molecule has 3 atom stereocenters. The maximum absolute atomic E-state index is 11.1. The van der Waals surface area contributed by atoms with Gasteiger partial charge in [0.15, 0.2) is 3.79 Å². The third-order valence-electron chi connectivity index (χ3n) is 3.05. The molecule has 0 bridgehead atoms. The lowest BCUT2D eigenvalue weighted by Crippen LogP contribution is -2.36. The number of hydrogen-bond acceptors (Lipinski definition) is 3. The molecule has 0 radical (unpaired) electrons. The van der Waals surface area contributed by atoms with Gasteiger partial charge >= 0.3 is 6.03 Å². The minimum Gasteiger partial charge on any atom is -0.332 e. The topological polar surface area (TPSA) is 58.2 Å². The number of carbonyl (C=O) groups excluding carboxylic acids is 2. The molecule has 3 unspecified atom stereocenters. The van der Waals surface area contributed by atoms with Crippen LogP contribution in [-0.4, -0.2) is 32.9 Å². The van der Waals surface area contributed by atoms with Gasteiger partial charge in [0.05, 0.1) is 12.1 Å². The van der Waals surface area contributed by atoms with Crippen molar-refractivity contribution in [1.82, 2.24) is 10.6 Å². The van der Waals surface area contributed by atoms with Gasteiger partial charge < -0.3 is 10.6 Å². The average Bonchev–Trinajstić information content (AvgIpc) is 2.72. The summed E-state index contributed by atoms with van der Waals surface area (Å²) in [5.41, 5.74) is 0. The van der Waals surface area contributed by atoms with Gasteiger partial charge in [0.1, 0.15) is 0 Å². The van der Waals surface area contributed by atoms with E-state index in [1.807, 2.05) is 34.4 Å². The van der Waals surface area contributed by atoms with E-state index >= 15 is 0 Å². The van der Waals surface area contributed by atoms with Crippen LogP contribution in [0.3, 0.4) is 0 Å². The van der Waals surface area contributed by atoms with Crippen molar-refractivity contribution >= 4 is 44.2 Å². The molecule has 2 N–H and O–H groups in total. The standard InChI is InChI=1S/C10H15IN2O2S/c11-8(14)4-2-1-3-7-9-6(5-16-7)12-10(15)13-9/h6-7,9H,1-5H2,(H2,12,13,15). The number of fused-ring (bicyclic) bond motifs is 1. The molecule has 0 aromatic carbocycles. The fourth-order valence-corrected chi connectivity index (χ4v) is 4.18. The normalized spacial score (nSPS) is 32.1. The maximum atomic E-state index is 11.1. The van der Waals surface area contributed by atoms with Crippen molar-refractivity contribution in [3.8, 4) is 0 Å². The number of nitrogens with one attached hydrogen (secondary N) is 2.